The summed E-state index contributed by atoms with van der Waals surface area (Å²) in [7, 11) is 0. The van der Waals surface area contributed by atoms with Gasteiger partial charge in [0, 0.05) is 26.9 Å². The Morgan fingerprint density at radius 2 is 2.11 bits per heavy atom. The smallest absolute Gasteiger partial charge is 0.0931 e. The second kappa shape index (κ2) is 8.18. The average Bonchev–Trinajstić information content (AvgIpc) is 2.86. The Labute approximate surface area is 134 Å². The maximum atomic E-state index is 6.13. The van der Waals surface area contributed by atoms with E-state index in [0.29, 0.717) is 11.3 Å². The molecule has 1 aromatic heterocycles. The number of rotatable bonds is 6. The van der Waals surface area contributed by atoms with Crippen molar-refractivity contribution in [3.63, 3.8) is 0 Å². The van der Waals surface area contributed by atoms with E-state index in [2.05, 4.69) is 48.8 Å². The van der Waals surface area contributed by atoms with Crippen molar-refractivity contribution >= 4 is 46.5 Å². The van der Waals surface area contributed by atoms with Crippen LogP contribution in [0.4, 0.5) is 0 Å². The van der Waals surface area contributed by atoms with Gasteiger partial charge in [0.15, 0.2) is 0 Å². The van der Waals surface area contributed by atoms with Crippen molar-refractivity contribution in [3.8, 4) is 0 Å². The Bertz CT molecular complexity index is 383. The first-order valence-corrected chi connectivity index (χ1v) is 10.3. The molecule has 1 N–H and O–H groups in total. The van der Waals surface area contributed by atoms with E-state index in [1.54, 1.807) is 11.3 Å². The molecule has 3 unspecified atom stereocenters. The number of thiophene rings is 1. The van der Waals surface area contributed by atoms with Crippen molar-refractivity contribution in [2.45, 2.75) is 43.2 Å². The third kappa shape index (κ3) is 4.31. The third-order valence-corrected chi connectivity index (χ3v) is 8.00. The summed E-state index contributed by atoms with van der Waals surface area (Å²) < 4.78 is 0.903. The van der Waals surface area contributed by atoms with Gasteiger partial charge in [0.25, 0.3) is 0 Å². The molecule has 1 fully saturated rings. The van der Waals surface area contributed by atoms with Crippen LogP contribution >= 0.6 is 46.5 Å². The molecule has 1 aliphatic heterocycles. The first-order chi connectivity index (χ1) is 9.26. The lowest BCUT2D eigenvalue weighted by Crippen LogP contribution is -2.38. The molecule has 0 radical (unpaired) electrons. The van der Waals surface area contributed by atoms with Crippen molar-refractivity contribution in [2.24, 2.45) is 0 Å². The summed E-state index contributed by atoms with van der Waals surface area (Å²) in [6.07, 6.45) is 2.43. The van der Waals surface area contributed by atoms with Crippen LogP contribution in [-0.2, 0) is 0 Å². The molecule has 0 saturated carbocycles. The van der Waals surface area contributed by atoms with Gasteiger partial charge in [-0.1, -0.05) is 25.4 Å². The molecule has 1 aliphatic rings. The van der Waals surface area contributed by atoms with Crippen molar-refractivity contribution in [3.05, 3.63) is 21.3 Å². The van der Waals surface area contributed by atoms with E-state index in [1.165, 1.54) is 29.2 Å². The van der Waals surface area contributed by atoms with Crippen LogP contribution in [0.15, 0.2) is 12.1 Å². The Morgan fingerprint density at radius 3 is 2.74 bits per heavy atom. The summed E-state index contributed by atoms with van der Waals surface area (Å²) in [5.41, 5.74) is 0. The molecule has 1 nitrogen and oxygen atoms in total. The van der Waals surface area contributed by atoms with Crippen molar-refractivity contribution < 1.29 is 0 Å². The Hall–Kier alpha value is 0.650. The van der Waals surface area contributed by atoms with E-state index in [0.717, 1.165) is 16.1 Å². The molecule has 0 spiro atoms. The molecule has 2 rings (SSSR count). The lowest BCUT2D eigenvalue weighted by Gasteiger charge is -2.36. The molecule has 0 amide bonds. The highest BCUT2D eigenvalue weighted by Gasteiger charge is 2.33. The van der Waals surface area contributed by atoms with Gasteiger partial charge in [-0.15, -0.1) is 11.3 Å². The van der Waals surface area contributed by atoms with E-state index in [9.17, 15) is 0 Å². The maximum Gasteiger partial charge on any atom is 0.0931 e. The van der Waals surface area contributed by atoms with Crippen LogP contribution in [0, 0.1) is 0 Å². The van der Waals surface area contributed by atoms with Crippen LogP contribution < -0.4 is 5.32 Å². The predicted molar refractivity (Wildman–Crippen MR) is 93.1 cm³/mol. The summed E-state index contributed by atoms with van der Waals surface area (Å²) in [5.74, 6) is 2.57. The van der Waals surface area contributed by atoms with E-state index in [-0.39, 0.29) is 0 Å². The summed E-state index contributed by atoms with van der Waals surface area (Å²) in [6, 6.07) is 4.69. The minimum Gasteiger partial charge on any atom is -0.308 e. The van der Waals surface area contributed by atoms with Crippen molar-refractivity contribution in [2.75, 3.05) is 18.1 Å². The van der Waals surface area contributed by atoms with Gasteiger partial charge in [0.2, 0.25) is 0 Å². The molecule has 3 atom stereocenters. The standard InChI is InChI=1S/C14H22ClNS3/c1-3-7-16-13(11-5-6-12(15)19-11)14-10(4-2)17-8-9-18-14/h5-6,10,13-14,16H,3-4,7-9H2,1-2H3. The Morgan fingerprint density at radius 1 is 1.32 bits per heavy atom. The van der Waals surface area contributed by atoms with Gasteiger partial charge < -0.3 is 5.32 Å². The molecule has 1 saturated heterocycles. The SMILES string of the molecule is CCCNC(c1ccc(Cl)s1)C1SCCSC1CC. The third-order valence-electron chi connectivity index (χ3n) is 3.34. The lowest BCUT2D eigenvalue weighted by molar-refractivity contribution is 0.504. The molecule has 1 aromatic rings. The zero-order valence-corrected chi connectivity index (χ0v) is 14.7. The summed E-state index contributed by atoms with van der Waals surface area (Å²) in [5, 5.41) is 5.18. The minimum absolute atomic E-state index is 0.459. The summed E-state index contributed by atoms with van der Waals surface area (Å²) in [6.45, 7) is 5.62. The second-order valence-corrected chi connectivity index (χ2v) is 9.11. The van der Waals surface area contributed by atoms with Gasteiger partial charge in [-0.05, 0) is 31.5 Å². The van der Waals surface area contributed by atoms with Crippen LogP contribution in [0.3, 0.4) is 0 Å². The van der Waals surface area contributed by atoms with E-state index in [1.807, 2.05) is 6.07 Å². The fraction of sp³-hybridized carbons (Fsp3) is 0.714. The maximum absolute atomic E-state index is 6.13. The topological polar surface area (TPSA) is 12.0 Å². The van der Waals surface area contributed by atoms with E-state index in [4.69, 9.17) is 11.6 Å². The highest BCUT2D eigenvalue weighted by atomic mass is 35.5. The zero-order chi connectivity index (χ0) is 13.7. The quantitative estimate of drug-likeness (QED) is 0.779. The number of nitrogens with one attached hydrogen (secondary N) is 1. The molecule has 108 valence electrons. The molecule has 5 heteroatoms. The monoisotopic (exact) mass is 335 g/mol. The second-order valence-electron chi connectivity index (χ2n) is 4.73. The number of hydrogen-bond donors (Lipinski definition) is 1. The van der Waals surface area contributed by atoms with E-state index >= 15 is 0 Å². The number of halogens is 1. The molecular formula is C14H22ClNS3. The van der Waals surface area contributed by atoms with Gasteiger partial charge in [-0.2, -0.15) is 23.5 Å². The average molecular weight is 336 g/mol. The molecule has 0 bridgehead atoms. The zero-order valence-electron chi connectivity index (χ0n) is 11.5. The first-order valence-electron chi connectivity index (χ1n) is 6.98. The van der Waals surface area contributed by atoms with Gasteiger partial charge in [-0.25, -0.2) is 0 Å². The number of hydrogen-bond acceptors (Lipinski definition) is 4. The predicted octanol–water partition coefficient (Wildman–Crippen LogP) is 5.07. The van der Waals surface area contributed by atoms with Crippen LogP contribution in [-0.4, -0.2) is 28.6 Å². The fourth-order valence-electron chi connectivity index (χ4n) is 2.42. The van der Waals surface area contributed by atoms with Crippen LogP contribution in [0.25, 0.3) is 0 Å². The van der Waals surface area contributed by atoms with Crippen molar-refractivity contribution in [1.82, 2.24) is 5.32 Å². The van der Waals surface area contributed by atoms with Crippen LogP contribution in [0.1, 0.15) is 37.6 Å². The largest absolute Gasteiger partial charge is 0.308 e. The lowest BCUT2D eigenvalue weighted by atomic mass is 10.1. The normalized spacial score (nSPS) is 25.4. The van der Waals surface area contributed by atoms with Crippen LogP contribution in [0.2, 0.25) is 4.34 Å². The molecular weight excluding hydrogens is 314 g/mol. The van der Waals surface area contributed by atoms with Gasteiger partial charge in [-0.3, -0.25) is 0 Å². The summed E-state index contributed by atoms with van der Waals surface area (Å²) in [4.78, 5) is 1.40. The first kappa shape index (κ1) is 16.0. The van der Waals surface area contributed by atoms with Crippen LogP contribution in [0.5, 0.6) is 0 Å². The minimum atomic E-state index is 0.459. The molecule has 19 heavy (non-hydrogen) atoms. The van der Waals surface area contributed by atoms with Gasteiger partial charge in [0.05, 0.1) is 10.4 Å². The molecule has 0 aromatic carbocycles. The Kier molecular flexibility index (Phi) is 6.90. The van der Waals surface area contributed by atoms with Crippen molar-refractivity contribution in [1.29, 1.82) is 0 Å². The molecule has 0 aliphatic carbocycles. The number of thioether (sulfide) groups is 2. The highest BCUT2D eigenvalue weighted by Crippen LogP contribution is 2.42. The fourth-order valence-corrected chi connectivity index (χ4v) is 6.93. The molecule has 2 heterocycles. The highest BCUT2D eigenvalue weighted by molar-refractivity contribution is 8.07. The van der Waals surface area contributed by atoms with Gasteiger partial charge in [0.1, 0.15) is 0 Å². The Balaban J connectivity index is 2.15. The van der Waals surface area contributed by atoms with E-state index < -0.39 is 0 Å². The van der Waals surface area contributed by atoms with Gasteiger partial charge >= 0.3 is 0 Å². The summed E-state index contributed by atoms with van der Waals surface area (Å²) >= 11 is 12.1.